The lowest BCUT2D eigenvalue weighted by atomic mass is 10.4. The number of hydrogen-bond acceptors (Lipinski definition) is 4. The van der Waals surface area contributed by atoms with E-state index < -0.39 is 20.2 Å². The number of halogens is 1. The highest BCUT2D eigenvalue weighted by Gasteiger charge is 2.16. The summed E-state index contributed by atoms with van der Waals surface area (Å²) in [5.74, 6) is 0. The van der Waals surface area contributed by atoms with Crippen LogP contribution in [0.5, 0.6) is 0 Å². The molecule has 2 rings (SSSR count). The highest BCUT2D eigenvalue weighted by molar-refractivity contribution is 7.91. The maximum absolute atomic E-state index is 12.1. The van der Waals surface area contributed by atoms with Gasteiger partial charge in [0.05, 0.1) is 9.79 Å². The molecular weight excluding hydrogens is 340 g/mol. The second kappa shape index (κ2) is 7.01. The van der Waals surface area contributed by atoms with Gasteiger partial charge >= 0.3 is 10.4 Å². The van der Waals surface area contributed by atoms with Gasteiger partial charge in [-0.05, 0) is 36.4 Å². The smallest absolute Gasteiger partial charge is 0.264 e. The zero-order chi connectivity index (χ0) is 16.1. The Morgan fingerprint density at radius 1 is 0.714 bits per heavy atom. The molecule has 2 aromatic rings. The largest absolute Gasteiger partial charge is 0.394 e. The second-order valence-corrected chi connectivity index (χ2v) is 7.00. The van der Waals surface area contributed by atoms with Crippen molar-refractivity contribution in [2.24, 2.45) is 0 Å². The summed E-state index contributed by atoms with van der Waals surface area (Å²) in [5.41, 5.74) is 0. The minimum absolute atomic E-state index is 0.253. The summed E-state index contributed by atoms with van der Waals surface area (Å²) < 4.78 is 55.8. The molecule has 9 heteroatoms. The van der Waals surface area contributed by atoms with Crippen LogP contribution >= 0.6 is 11.6 Å². The van der Waals surface area contributed by atoms with Crippen LogP contribution in [0.15, 0.2) is 64.4 Å². The summed E-state index contributed by atoms with van der Waals surface area (Å²) >= 11 is 5.71. The van der Waals surface area contributed by atoms with Crippen molar-refractivity contribution in [1.82, 2.24) is 0 Å². The first kappa shape index (κ1) is 17.6. The van der Waals surface area contributed by atoms with Crippen LogP contribution in [-0.2, 0) is 20.2 Å². The first-order valence-corrected chi connectivity index (χ1v) is 8.62. The molecule has 0 heterocycles. The molecule has 0 spiro atoms. The van der Waals surface area contributed by atoms with Crippen LogP contribution in [0.1, 0.15) is 0 Å². The van der Waals surface area contributed by atoms with E-state index in [1.807, 2.05) is 0 Å². The fourth-order valence-corrected chi connectivity index (χ4v) is 2.76. The molecule has 2 N–H and O–H groups in total. The molecule has 114 valence electrons. The SMILES string of the molecule is O=S(=O)(O)O.O=S(=O)(c1ccccc1)c1ccc(Cl)cc1. The lowest BCUT2D eigenvalue weighted by Gasteiger charge is -2.03. The average Bonchev–Trinajstić information content (AvgIpc) is 2.38. The molecule has 0 radical (unpaired) electrons. The van der Waals surface area contributed by atoms with E-state index in [9.17, 15) is 8.42 Å². The molecule has 2 aromatic carbocycles. The van der Waals surface area contributed by atoms with Crippen LogP contribution in [0.25, 0.3) is 0 Å². The van der Waals surface area contributed by atoms with E-state index in [2.05, 4.69) is 0 Å². The van der Waals surface area contributed by atoms with Crippen LogP contribution < -0.4 is 0 Å². The molecule has 0 saturated carbocycles. The standard InChI is InChI=1S/C12H9ClO2S.H2O4S/c13-10-6-8-12(9-7-10)16(14,15)11-4-2-1-3-5-11;1-5(2,3)4/h1-9H;(H2,1,2,3,4). The second-order valence-electron chi connectivity index (χ2n) is 3.72. The lowest BCUT2D eigenvalue weighted by Crippen LogP contribution is -2.01. The van der Waals surface area contributed by atoms with E-state index in [4.69, 9.17) is 29.1 Å². The Morgan fingerprint density at radius 2 is 1.10 bits per heavy atom. The highest BCUT2D eigenvalue weighted by Crippen LogP contribution is 2.21. The molecule has 21 heavy (non-hydrogen) atoms. The molecule has 6 nitrogen and oxygen atoms in total. The maximum atomic E-state index is 12.1. The minimum atomic E-state index is -4.67. The van der Waals surface area contributed by atoms with Crippen molar-refractivity contribution in [2.45, 2.75) is 9.79 Å². The van der Waals surface area contributed by atoms with E-state index in [1.165, 1.54) is 12.1 Å². The van der Waals surface area contributed by atoms with Crippen molar-refractivity contribution in [1.29, 1.82) is 0 Å². The summed E-state index contributed by atoms with van der Waals surface area (Å²) in [6.45, 7) is 0. The normalized spacial score (nSPS) is 11.4. The van der Waals surface area contributed by atoms with Crippen LogP contribution in [0.2, 0.25) is 5.02 Å². The third-order valence-electron chi connectivity index (χ3n) is 2.18. The summed E-state index contributed by atoms with van der Waals surface area (Å²) in [4.78, 5) is 0.542. The molecule has 0 fully saturated rings. The summed E-state index contributed by atoms with van der Waals surface area (Å²) in [5, 5.41) is 0.520. The zero-order valence-electron chi connectivity index (χ0n) is 10.4. The first-order chi connectivity index (χ1) is 9.60. The topological polar surface area (TPSA) is 109 Å². The molecule has 0 aliphatic heterocycles. The average molecular weight is 351 g/mol. The number of benzene rings is 2. The fraction of sp³-hybridized carbons (Fsp3) is 0. The molecule has 0 bridgehead atoms. The van der Waals surface area contributed by atoms with Gasteiger partial charge in [-0.1, -0.05) is 29.8 Å². The van der Waals surface area contributed by atoms with Crippen LogP contribution in [0.3, 0.4) is 0 Å². The highest BCUT2D eigenvalue weighted by atomic mass is 35.5. The van der Waals surface area contributed by atoms with Crippen molar-refractivity contribution in [2.75, 3.05) is 0 Å². The predicted octanol–water partition coefficient (Wildman–Crippen LogP) is 2.52. The van der Waals surface area contributed by atoms with E-state index >= 15 is 0 Å². The zero-order valence-corrected chi connectivity index (χ0v) is 12.8. The van der Waals surface area contributed by atoms with Gasteiger partial charge < -0.3 is 0 Å². The van der Waals surface area contributed by atoms with Crippen molar-refractivity contribution in [3.63, 3.8) is 0 Å². The minimum Gasteiger partial charge on any atom is -0.264 e. The summed E-state index contributed by atoms with van der Waals surface area (Å²) in [6, 6.07) is 14.5. The molecule has 0 aliphatic carbocycles. The van der Waals surface area contributed by atoms with Gasteiger partial charge in [0.2, 0.25) is 9.84 Å². The number of rotatable bonds is 2. The third-order valence-corrected chi connectivity index (χ3v) is 4.21. The van der Waals surface area contributed by atoms with Crippen LogP contribution in [-0.4, -0.2) is 25.9 Å². The Balaban J connectivity index is 0.000000383. The summed E-state index contributed by atoms with van der Waals surface area (Å²) in [7, 11) is -8.08. The predicted molar refractivity (Wildman–Crippen MR) is 77.5 cm³/mol. The Kier molecular flexibility index (Phi) is 5.87. The van der Waals surface area contributed by atoms with E-state index in [1.54, 1.807) is 42.5 Å². The van der Waals surface area contributed by atoms with Gasteiger partial charge in [0.15, 0.2) is 0 Å². The Morgan fingerprint density at radius 3 is 1.52 bits per heavy atom. The number of hydrogen-bond donors (Lipinski definition) is 2. The van der Waals surface area contributed by atoms with Crippen molar-refractivity contribution in [3.8, 4) is 0 Å². The van der Waals surface area contributed by atoms with Crippen molar-refractivity contribution in [3.05, 3.63) is 59.6 Å². The van der Waals surface area contributed by atoms with E-state index in [0.29, 0.717) is 5.02 Å². The first-order valence-electron chi connectivity index (χ1n) is 5.36. The van der Waals surface area contributed by atoms with Gasteiger partial charge in [0.1, 0.15) is 0 Å². The van der Waals surface area contributed by atoms with E-state index in [-0.39, 0.29) is 9.79 Å². The van der Waals surface area contributed by atoms with Crippen LogP contribution in [0, 0.1) is 0 Å². The Bertz CT molecular complexity index is 775. The molecular formula is C12H11ClO6S2. The molecule has 0 saturated heterocycles. The van der Waals surface area contributed by atoms with Gasteiger partial charge in [-0.25, -0.2) is 8.42 Å². The van der Waals surface area contributed by atoms with Gasteiger partial charge in [0, 0.05) is 5.02 Å². The van der Waals surface area contributed by atoms with E-state index in [0.717, 1.165) is 0 Å². The molecule has 0 amide bonds. The monoisotopic (exact) mass is 350 g/mol. The Labute approximate surface area is 127 Å². The van der Waals surface area contributed by atoms with Crippen molar-refractivity contribution >= 4 is 31.8 Å². The van der Waals surface area contributed by atoms with Gasteiger partial charge in [0.25, 0.3) is 0 Å². The van der Waals surface area contributed by atoms with Gasteiger partial charge in [-0.15, -0.1) is 0 Å². The quantitative estimate of drug-likeness (QED) is 0.805. The van der Waals surface area contributed by atoms with Gasteiger partial charge in [-0.2, -0.15) is 8.42 Å². The fourth-order valence-electron chi connectivity index (χ4n) is 1.35. The lowest BCUT2D eigenvalue weighted by molar-refractivity contribution is 0.381. The molecule has 0 unspecified atom stereocenters. The molecule has 0 atom stereocenters. The molecule has 0 aromatic heterocycles. The Hall–Kier alpha value is -1.45. The van der Waals surface area contributed by atoms with Crippen LogP contribution in [0.4, 0.5) is 0 Å². The van der Waals surface area contributed by atoms with Crippen molar-refractivity contribution < 1.29 is 25.9 Å². The number of sulfone groups is 1. The summed E-state index contributed by atoms with van der Waals surface area (Å²) in [6.07, 6.45) is 0. The third kappa shape index (κ3) is 6.23. The molecule has 0 aliphatic rings. The van der Waals surface area contributed by atoms with Gasteiger partial charge in [-0.3, -0.25) is 9.11 Å². The maximum Gasteiger partial charge on any atom is 0.394 e.